The Balaban J connectivity index is 2.73. The van der Waals surface area contributed by atoms with Gasteiger partial charge in [-0.2, -0.15) is 0 Å². The fourth-order valence-corrected chi connectivity index (χ4v) is 2.29. The number of aryl methyl sites for hydroxylation is 1. The molecule has 0 spiro atoms. The number of H-pyrrole nitrogens is 1. The van der Waals surface area contributed by atoms with Gasteiger partial charge in [0.15, 0.2) is 5.43 Å². The van der Waals surface area contributed by atoms with Crippen molar-refractivity contribution in [2.24, 2.45) is 0 Å². The van der Waals surface area contributed by atoms with Gasteiger partial charge in [-0.3, -0.25) is 4.79 Å². The van der Waals surface area contributed by atoms with Gasteiger partial charge in [0.25, 0.3) is 0 Å². The molecular weight excluding hydrogens is 280 g/mol. The predicted molar refractivity (Wildman–Crippen MR) is 74.4 cm³/mol. The zero-order valence-corrected chi connectivity index (χ0v) is 11.8. The highest BCUT2D eigenvalue weighted by atomic mass is 79.9. The summed E-state index contributed by atoms with van der Waals surface area (Å²) in [5.41, 5.74) is 2.78. The van der Waals surface area contributed by atoms with Crippen LogP contribution in [0.25, 0.3) is 10.9 Å². The second kappa shape index (κ2) is 4.63. The summed E-state index contributed by atoms with van der Waals surface area (Å²) in [6.45, 7) is 2.60. The molecular formula is C13H15BrN2O. The van der Waals surface area contributed by atoms with Gasteiger partial charge in [0.1, 0.15) is 0 Å². The molecule has 3 nitrogen and oxygen atoms in total. The molecule has 0 saturated carbocycles. The van der Waals surface area contributed by atoms with Crippen LogP contribution in [0.5, 0.6) is 0 Å². The van der Waals surface area contributed by atoms with Gasteiger partial charge in [0.2, 0.25) is 0 Å². The number of halogens is 1. The van der Waals surface area contributed by atoms with Crippen molar-refractivity contribution >= 4 is 26.8 Å². The van der Waals surface area contributed by atoms with Crippen molar-refractivity contribution in [2.75, 3.05) is 14.1 Å². The van der Waals surface area contributed by atoms with Gasteiger partial charge in [0.05, 0.1) is 0 Å². The van der Waals surface area contributed by atoms with Crippen LogP contribution in [0.15, 0.2) is 27.5 Å². The third-order valence-electron chi connectivity index (χ3n) is 2.75. The molecule has 0 aliphatic carbocycles. The van der Waals surface area contributed by atoms with E-state index in [2.05, 4.69) is 20.9 Å². The number of pyridine rings is 1. The fraction of sp³-hybridized carbons (Fsp3) is 0.308. The van der Waals surface area contributed by atoms with Crippen LogP contribution in [0.4, 0.5) is 0 Å². The third kappa shape index (κ3) is 2.42. The Morgan fingerprint density at radius 3 is 2.71 bits per heavy atom. The number of hydrogen-bond donors (Lipinski definition) is 1. The first kappa shape index (κ1) is 12.3. The smallest absolute Gasteiger partial charge is 0.194 e. The molecule has 90 valence electrons. The van der Waals surface area contributed by atoms with E-state index in [0.717, 1.165) is 26.6 Å². The monoisotopic (exact) mass is 294 g/mol. The molecule has 0 unspecified atom stereocenters. The van der Waals surface area contributed by atoms with Crippen LogP contribution in [-0.2, 0) is 6.54 Å². The van der Waals surface area contributed by atoms with Crippen molar-refractivity contribution < 1.29 is 0 Å². The first-order valence-corrected chi connectivity index (χ1v) is 6.24. The Bertz CT molecular complexity index is 617. The summed E-state index contributed by atoms with van der Waals surface area (Å²) >= 11 is 3.40. The van der Waals surface area contributed by atoms with Crippen LogP contribution in [0.3, 0.4) is 0 Å². The van der Waals surface area contributed by atoms with E-state index in [1.54, 1.807) is 0 Å². The normalized spacial score (nSPS) is 11.4. The lowest BCUT2D eigenvalue weighted by Crippen LogP contribution is -2.21. The van der Waals surface area contributed by atoms with Crippen molar-refractivity contribution in [3.05, 3.63) is 44.2 Å². The summed E-state index contributed by atoms with van der Waals surface area (Å²) in [5, 5.41) is 0.738. The minimum atomic E-state index is 0.117. The van der Waals surface area contributed by atoms with Gasteiger partial charge >= 0.3 is 0 Å². The molecule has 0 radical (unpaired) electrons. The van der Waals surface area contributed by atoms with E-state index in [0.29, 0.717) is 6.54 Å². The van der Waals surface area contributed by atoms with Crippen molar-refractivity contribution in [3.8, 4) is 0 Å². The number of nitrogens with zero attached hydrogens (tertiary/aromatic N) is 1. The molecule has 1 N–H and O–H groups in total. The summed E-state index contributed by atoms with van der Waals surface area (Å²) in [7, 11) is 3.92. The summed E-state index contributed by atoms with van der Waals surface area (Å²) in [6.07, 6.45) is 0. The van der Waals surface area contributed by atoms with Gasteiger partial charge in [-0.25, -0.2) is 0 Å². The Kier molecular flexibility index (Phi) is 3.35. The first-order chi connectivity index (χ1) is 7.99. The maximum absolute atomic E-state index is 12.4. The lowest BCUT2D eigenvalue weighted by atomic mass is 10.1. The Hall–Kier alpha value is -1.13. The number of rotatable bonds is 2. The highest BCUT2D eigenvalue weighted by Crippen LogP contribution is 2.17. The minimum Gasteiger partial charge on any atom is -0.358 e. The molecule has 2 rings (SSSR count). The summed E-state index contributed by atoms with van der Waals surface area (Å²) in [5.74, 6) is 0. The average molecular weight is 295 g/mol. The lowest BCUT2D eigenvalue weighted by Gasteiger charge is -2.12. The van der Waals surface area contributed by atoms with Crippen LogP contribution in [-0.4, -0.2) is 24.0 Å². The zero-order valence-electron chi connectivity index (χ0n) is 10.2. The molecule has 0 saturated heterocycles. The first-order valence-electron chi connectivity index (χ1n) is 5.45. The Labute approximate surface area is 109 Å². The van der Waals surface area contributed by atoms with Crippen molar-refractivity contribution in [2.45, 2.75) is 13.5 Å². The van der Waals surface area contributed by atoms with Crippen LogP contribution in [0, 0.1) is 6.92 Å². The second-order valence-corrected chi connectivity index (χ2v) is 5.40. The minimum absolute atomic E-state index is 0.117. The van der Waals surface area contributed by atoms with E-state index in [9.17, 15) is 4.79 Å². The number of benzene rings is 1. The van der Waals surface area contributed by atoms with Gasteiger partial charge in [-0.05, 0) is 39.2 Å². The summed E-state index contributed by atoms with van der Waals surface area (Å²) in [6, 6.07) is 5.73. The Morgan fingerprint density at radius 2 is 2.06 bits per heavy atom. The maximum atomic E-state index is 12.4. The maximum Gasteiger partial charge on any atom is 0.194 e. The molecule has 0 aliphatic heterocycles. The zero-order chi connectivity index (χ0) is 12.6. The van der Waals surface area contributed by atoms with Crippen molar-refractivity contribution in [1.82, 2.24) is 9.88 Å². The molecule has 0 amide bonds. The molecule has 1 heterocycles. The predicted octanol–water partition coefficient (Wildman–Crippen LogP) is 2.66. The van der Waals surface area contributed by atoms with E-state index in [4.69, 9.17) is 0 Å². The van der Waals surface area contributed by atoms with Crippen LogP contribution < -0.4 is 5.43 Å². The molecule has 1 aromatic carbocycles. The molecule has 0 fully saturated rings. The fourth-order valence-electron chi connectivity index (χ4n) is 1.93. The Morgan fingerprint density at radius 1 is 1.35 bits per heavy atom. The van der Waals surface area contributed by atoms with Crippen LogP contribution >= 0.6 is 15.9 Å². The van der Waals surface area contributed by atoms with E-state index >= 15 is 0 Å². The van der Waals surface area contributed by atoms with Gasteiger partial charge in [-0.1, -0.05) is 15.9 Å². The molecule has 1 aromatic heterocycles. The number of aromatic amines is 1. The molecule has 4 heteroatoms. The van der Waals surface area contributed by atoms with E-state index in [-0.39, 0.29) is 5.43 Å². The highest BCUT2D eigenvalue weighted by molar-refractivity contribution is 9.10. The van der Waals surface area contributed by atoms with Crippen LogP contribution in [0.2, 0.25) is 0 Å². The molecule has 0 aliphatic rings. The van der Waals surface area contributed by atoms with Crippen molar-refractivity contribution in [1.29, 1.82) is 0 Å². The lowest BCUT2D eigenvalue weighted by molar-refractivity contribution is 0.400. The average Bonchev–Trinajstić information content (AvgIpc) is 2.25. The number of fused-ring (bicyclic) bond motifs is 1. The van der Waals surface area contributed by atoms with E-state index in [1.165, 1.54) is 0 Å². The van der Waals surface area contributed by atoms with Crippen molar-refractivity contribution in [3.63, 3.8) is 0 Å². The topological polar surface area (TPSA) is 36.1 Å². The van der Waals surface area contributed by atoms with Gasteiger partial charge < -0.3 is 9.88 Å². The summed E-state index contributed by atoms with van der Waals surface area (Å²) in [4.78, 5) is 17.7. The number of nitrogens with one attached hydrogen (secondary N) is 1. The largest absolute Gasteiger partial charge is 0.358 e. The number of hydrogen-bond acceptors (Lipinski definition) is 2. The molecule has 0 bridgehead atoms. The van der Waals surface area contributed by atoms with E-state index < -0.39 is 0 Å². The molecule has 2 aromatic rings. The molecule has 17 heavy (non-hydrogen) atoms. The number of aromatic nitrogens is 1. The third-order valence-corrected chi connectivity index (χ3v) is 3.24. The van der Waals surface area contributed by atoms with Gasteiger partial charge in [0, 0.05) is 33.2 Å². The standard InChI is InChI=1S/C13H15BrN2O/c1-8-11(7-16(2)3)13(17)10-6-9(14)4-5-12(10)15-8/h4-6H,7H2,1-3H3,(H,15,17). The SMILES string of the molecule is Cc1[nH]c2ccc(Br)cc2c(=O)c1CN(C)C. The quantitative estimate of drug-likeness (QED) is 0.924. The van der Waals surface area contributed by atoms with E-state index in [1.807, 2.05) is 44.1 Å². The summed E-state index contributed by atoms with van der Waals surface area (Å²) < 4.78 is 0.926. The highest BCUT2D eigenvalue weighted by Gasteiger charge is 2.10. The van der Waals surface area contributed by atoms with Gasteiger partial charge in [-0.15, -0.1) is 0 Å². The van der Waals surface area contributed by atoms with Crippen LogP contribution in [0.1, 0.15) is 11.3 Å². The second-order valence-electron chi connectivity index (χ2n) is 4.49. The molecule has 0 atom stereocenters.